The van der Waals surface area contributed by atoms with Crippen LogP contribution in [0.1, 0.15) is 15.9 Å². The summed E-state index contributed by atoms with van der Waals surface area (Å²) in [6.45, 7) is 3.60. The first-order valence-electron chi connectivity index (χ1n) is 3.52. The van der Waals surface area contributed by atoms with Crippen LogP contribution >= 0.6 is 0 Å². The Bertz CT molecular complexity index is 309. The molecule has 1 rings (SSSR count). The van der Waals surface area contributed by atoms with Crippen molar-refractivity contribution in [2.24, 2.45) is 5.73 Å². The van der Waals surface area contributed by atoms with Gasteiger partial charge < -0.3 is 5.73 Å². The van der Waals surface area contributed by atoms with Gasteiger partial charge in [0.1, 0.15) is 5.82 Å². The summed E-state index contributed by atoms with van der Waals surface area (Å²) in [5.74, 6) is -1.07. The van der Waals surface area contributed by atoms with E-state index in [1.807, 2.05) is 0 Å². The smallest absolute Gasteiger partial charge is 0.249 e. The average molecular weight is 166 g/mol. The van der Waals surface area contributed by atoms with E-state index in [9.17, 15) is 9.18 Å². The summed E-state index contributed by atoms with van der Waals surface area (Å²) in [5, 5.41) is 0. The van der Waals surface area contributed by atoms with Gasteiger partial charge in [0.25, 0.3) is 0 Å². The van der Waals surface area contributed by atoms with E-state index in [-0.39, 0.29) is 5.56 Å². The third-order valence-electron chi connectivity index (χ3n) is 1.61. The Morgan fingerprint density at radius 1 is 1.58 bits per heavy atom. The van der Waals surface area contributed by atoms with Crippen molar-refractivity contribution in [2.45, 2.75) is 6.42 Å². The molecule has 2 N–H and O–H groups in total. The van der Waals surface area contributed by atoms with Crippen molar-refractivity contribution >= 4 is 5.91 Å². The highest BCUT2D eigenvalue weighted by atomic mass is 19.1. The molecular formula is C9H9FNO. The molecule has 2 nitrogen and oxygen atoms in total. The molecule has 0 fully saturated rings. The molecule has 0 aliphatic carbocycles. The highest BCUT2D eigenvalue weighted by Gasteiger charge is 2.06. The standard InChI is InChI=1S/C9H9FNO/c1-2-6-3-4-7(10)5-8(6)9(11)12/h3-5H,1-2H2,(H2,11,12). The van der Waals surface area contributed by atoms with Gasteiger partial charge >= 0.3 is 0 Å². The Morgan fingerprint density at radius 2 is 2.25 bits per heavy atom. The fourth-order valence-electron chi connectivity index (χ4n) is 0.996. The number of nitrogens with two attached hydrogens (primary N) is 1. The summed E-state index contributed by atoms with van der Waals surface area (Å²) in [4.78, 5) is 10.8. The largest absolute Gasteiger partial charge is 0.366 e. The Labute approximate surface area is 70.2 Å². The van der Waals surface area contributed by atoms with E-state index in [2.05, 4.69) is 6.92 Å². The number of carbonyl (C=O) groups excluding carboxylic acids is 1. The molecule has 0 spiro atoms. The zero-order valence-corrected chi connectivity index (χ0v) is 6.51. The molecule has 3 heteroatoms. The minimum Gasteiger partial charge on any atom is -0.366 e. The summed E-state index contributed by atoms with van der Waals surface area (Å²) in [5.41, 5.74) is 5.91. The monoisotopic (exact) mass is 166 g/mol. The molecule has 0 saturated heterocycles. The van der Waals surface area contributed by atoms with Crippen molar-refractivity contribution in [1.82, 2.24) is 0 Å². The van der Waals surface area contributed by atoms with Crippen LogP contribution in [-0.2, 0) is 6.42 Å². The van der Waals surface area contributed by atoms with Crippen molar-refractivity contribution < 1.29 is 9.18 Å². The topological polar surface area (TPSA) is 43.1 Å². The van der Waals surface area contributed by atoms with Gasteiger partial charge in [-0.3, -0.25) is 4.79 Å². The lowest BCUT2D eigenvalue weighted by Gasteiger charge is -2.02. The Balaban J connectivity index is 3.21. The molecule has 0 bridgehead atoms. The molecule has 63 valence electrons. The minimum absolute atomic E-state index is 0.213. The lowest BCUT2D eigenvalue weighted by Crippen LogP contribution is -2.13. The zero-order valence-electron chi connectivity index (χ0n) is 6.51. The van der Waals surface area contributed by atoms with Crippen LogP contribution < -0.4 is 5.73 Å². The summed E-state index contributed by atoms with van der Waals surface area (Å²) >= 11 is 0. The molecule has 0 heterocycles. The highest BCUT2D eigenvalue weighted by molar-refractivity contribution is 5.94. The molecule has 1 aromatic carbocycles. The zero-order chi connectivity index (χ0) is 9.14. The van der Waals surface area contributed by atoms with Crippen LogP contribution in [0.4, 0.5) is 4.39 Å². The van der Waals surface area contributed by atoms with Crippen LogP contribution in [0.3, 0.4) is 0 Å². The van der Waals surface area contributed by atoms with Gasteiger partial charge in [0.2, 0.25) is 5.91 Å². The lowest BCUT2D eigenvalue weighted by molar-refractivity contribution is 0.0999. The van der Waals surface area contributed by atoms with E-state index in [4.69, 9.17) is 5.73 Å². The van der Waals surface area contributed by atoms with Crippen LogP contribution in [-0.4, -0.2) is 5.91 Å². The number of benzene rings is 1. The van der Waals surface area contributed by atoms with Crippen molar-refractivity contribution in [3.63, 3.8) is 0 Å². The van der Waals surface area contributed by atoms with Gasteiger partial charge in [-0.25, -0.2) is 4.39 Å². The van der Waals surface area contributed by atoms with E-state index >= 15 is 0 Å². The van der Waals surface area contributed by atoms with Gasteiger partial charge in [-0.15, -0.1) is 0 Å². The molecule has 0 saturated carbocycles. The quantitative estimate of drug-likeness (QED) is 0.707. The summed E-state index contributed by atoms with van der Waals surface area (Å²) < 4.78 is 12.6. The second kappa shape index (κ2) is 3.34. The average Bonchev–Trinajstić information content (AvgIpc) is 2.04. The van der Waals surface area contributed by atoms with Gasteiger partial charge in [-0.1, -0.05) is 6.07 Å². The molecule has 0 aliphatic heterocycles. The van der Waals surface area contributed by atoms with E-state index in [0.29, 0.717) is 12.0 Å². The van der Waals surface area contributed by atoms with Gasteiger partial charge in [0.05, 0.1) is 0 Å². The first-order valence-corrected chi connectivity index (χ1v) is 3.52. The first-order chi connectivity index (χ1) is 5.65. The number of rotatable bonds is 2. The van der Waals surface area contributed by atoms with Crippen molar-refractivity contribution in [3.05, 3.63) is 42.1 Å². The molecule has 1 radical (unpaired) electrons. The summed E-state index contributed by atoms with van der Waals surface area (Å²) in [7, 11) is 0. The molecule has 1 amide bonds. The van der Waals surface area contributed by atoms with E-state index in [1.54, 1.807) is 0 Å². The highest BCUT2D eigenvalue weighted by Crippen LogP contribution is 2.10. The summed E-state index contributed by atoms with van der Waals surface area (Å²) in [6, 6.07) is 3.93. The molecule has 12 heavy (non-hydrogen) atoms. The predicted octanol–water partition coefficient (Wildman–Crippen LogP) is 1.30. The Hall–Kier alpha value is -1.38. The SMILES string of the molecule is [CH2]Cc1ccc(F)cc1C(N)=O. The number of hydrogen-bond acceptors (Lipinski definition) is 1. The molecular weight excluding hydrogens is 157 g/mol. The number of primary amides is 1. The second-order valence-electron chi connectivity index (χ2n) is 2.42. The van der Waals surface area contributed by atoms with Gasteiger partial charge in [0.15, 0.2) is 0 Å². The number of amides is 1. The van der Waals surface area contributed by atoms with Crippen LogP contribution in [0.25, 0.3) is 0 Å². The molecule has 0 atom stereocenters. The minimum atomic E-state index is -0.617. The maximum Gasteiger partial charge on any atom is 0.249 e. The van der Waals surface area contributed by atoms with Crippen molar-refractivity contribution in [3.8, 4) is 0 Å². The maximum atomic E-state index is 12.6. The molecule has 0 aromatic heterocycles. The maximum absolute atomic E-state index is 12.6. The van der Waals surface area contributed by atoms with E-state index < -0.39 is 11.7 Å². The normalized spacial score (nSPS) is 9.83. The first kappa shape index (κ1) is 8.71. The van der Waals surface area contributed by atoms with Gasteiger partial charge in [-0.2, -0.15) is 0 Å². The number of carbonyl (C=O) groups is 1. The van der Waals surface area contributed by atoms with Crippen LogP contribution in [0.2, 0.25) is 0 Å². The Kier molecular flexibility index (Phi) is 2.43. The third kappa shape index (κ3) is 1.61. The van der Waals surface area contributed by atoms with Gasteiger partial charge in [-0.05, 0) is 31.0 Å². The lowest BCUT2D eigenvalue weighted by atomic mass is 10.0. The van der Waals surface area contributed by atoms with Gasteiger partial charge in [0, 0.05) is 5.56 Å². The fraction of sp³-hybridized carbons (Fsp3) is 0.111. The van der Waals surface area contributed by atoms with Crippen LogP contribution in [0.5, 0.6) is 0 Å². The second-order valence-corrected chi connectivity index (χ2v) is 2.42. The van der Waals surface area contributed by atoms with Crippen LogP contribution in [0, 0.1) is 12.7 Å². The Morgan fingerprint density at radius 3 is 2.75 bits per heavy atom. The van der Waals surface area contributed by atoms with Crippen molar-refractivity contribution in [1.29, 1.82) is 0 Å². The fourth-order valence-corrected chi connectivity index (χ4v) is 0.996. The molecule has 0 aliphatic rings. The van der Waals surface area contributed by atoms with E-state index in [0.717, 1.165) is 6.07 Å². The van der Waals surface area contributed by atoms with Crippen molar-refractivity contribution in [2.75, 3.05) is 0 Å². The number of hydrogen-bond donors (Lipinski definition) is 1. The summed E-state index contributed by atoms with van der Waals surface area (Å²) in [6.07, 6.45) is 0.429. The predicted molar refractivity (Wildman–Crippen MR) is 44.0 cm³/mol. The third-order valence-corrected chi connectivity index (χ3v) is 1.61. The molecule has 1 aromatic rings. The molecule has 0 unspecified atom stereocenters. The van der Waals surface area contributed by atoms with Crippen LogP contribution in [0.15, 0.2) is 18.2 Å². The van der Waals surface area contributed by atoms with E-state index in [1.165, 1.54) is 12.1 Å². The number of halogens is 1.